The van der Waals surface area contributed by atoms with Crippen LogP contribution in [-0.4, -0.2) is 24.8 Å². The first-order valence-electron chi connectivity index (χ1n) is 8.31. The Balaban J connectivity index is 1.87. The molecular formula is C20H18BrNO5. The monoisotopic (exact) mass is 431 g/mol. The highest BCUT2D eigenvalue weighted by molar-refractivity contribution is 9.10. The normalized spacial score (nSPS) is 12.8. The van der Waals surface area contributed by atoms with Gasteiger partial charge in [0.05, 0.1) is 6.10 Å². The lowest BCUT2D eigenvalue weighted by atomic mass is 10.1. The Morgan fingerprint density at radius 3 is 2.52 bits per heavy atom. The molecule has 2 aromatic rings. The number of amides is 1. The SMILES string of the molecule is CC(C)OC(=O)/C(=C/c1ccc2c(c1)OCO2)NC(=O)c1ccc(Br)cc1. The molecule has 0 saturated heterocycles. The summed E-state index contributed by atoms with van der Waals surface area (Å²) in [6.07, 6.45) is 1.23. The molecule has 0 aromatic heterocycles. The van der Waals surface area contributed by atoms with Crippen LogP contribution in [0.5, 0.6) is 11.5 Å². The van der Waals surface area contributed by atoms with Crippen molar-refractivity contribution in [3.63, 3.8) is 0 Å². The molecule has 0 aliphatic carbocycles. The summed E-state index contributed by atoms with van der Waals surface area (Å²) in [4.78, 5) is 25.0. The van der Waals surface area contributed by atoms with Crippen LogP contribution < -0.4 is 14.8 Å². The average molecular weight is 432 g/mol. The number of ether oxygens (including phenoxy) is 3. The minimum atomic E-state index is -0.617. The van der Waals surface area contributed by atoms with Crippen LogP contribution in [0.3, 0.4) is 0 Å². The molecule has 3 rings (SSSR count). The van der Waals surface area contributed by atoms with Gasteiger partial charge in [-0.25, -0.2) is 4.79 Å². The molecule has 1 aliphatic rings. The smallest absolute Gasteiger partial charge is 0.355 e. The van der Waals surface area contributed by atoms with Crippen molar-refractivity contribution in [3.05, 3.63) is 63.8 Å². The van der Waals surface area contributed by atoms with Crippen molar-refractivity contribution in [2.45, 2.75) is 20.0 Å². The minimum Gasteiger partial charge on any atom is -0.458 e. The van der Waals surface area contributed by atoms with Crippen molar-refractivity contribution >= 4 is 33.9 Å². The molecule has 7 heteroatoms. The quantitative estimate of drug-likeness (QED) is 0.573. The zero-order valence-corrected chi connectivity index (χ0v) is 16.4. The second-order valence-electron chi connectivity index (χ2n) is 6.09. The van der Waals surface area contributed by atoms with Crippen LogP contribution in [-0.2, 0) is 9.53 Å². The largest absolute Gasteiger partial charge is 0.458 e. The Kier molecular flexibility index (Phi) is 5.81. The summed E-state index contributed by atoms with van der Waals surface area (Å²) >= 11 is 3.33. The summed E-state index contributed by atoms with van der Waals surface area (Å²) in [6.45, 7) is 3.64. The summed E-state index contributed by atoms with van der Waals surface area (Å²) < 4.78 is 16.7. The van der Waals surface area contributed by atoms with Crippen LogP contribution in [0.15, 0.2) is 52.6 Å². The van der Waals surface area contributed by atoms with Crippen LogP contribution in [0, 0.1) is 0 Å². The van der Waals surface area contributed by atoms with E-state index in [1.165, 1.54) is 0 Å². The Labute approximate surface area is 165 Å². The van der Waals surface area contributed by atoms with Crippen LogP contribution in [0.1, 0.15) is 29.8 Å². The van der Waals surface area contributed by atoms with Crippen LogP contribution in [0.4, 0.5) is 0 Å². The van der Waals surface area contributed by atoms with E-state index in [0.29, 0.717) is 22.6 Å². The molecule has 1 heterocycles. The van der Waals surface area contributed by atoms with E-state index in [1.807, 2.05) is 0 Å². The van der Waals surface area contributed by atoms with E-state index in [1.54, 1.807) is 62.4 Å². The van der Waals surface area contributed by atoms with Crippen LogP contribution in [0.25, 0.3) is 6.08 Å². The maximum Gasteiger partial charge on any atom is 0.355 e. The summed E-state index contributed by atoms with van der Waals surface area (Å²) in [5, 5.41) is 2.63. The highest BCUT2D eigenvalue weighted by Crippen LogP contribution is 2.33. The second-order valence-corrected chi connectivity index (χ2v) is 7.00. The van der Waals surface area contributed by atoms with Crippen molar-refractivity contribution < 1.29 is 23.8 Å². The van der Waals surface area contributed by atoms with Crippen LogP contribution >= 0.6 is 15.9 Å². The fourth-order valence-corrected chi connectivity index (χ4v) is 2.65. The molecule has 0 unspecified atom stereocenters. The molecule has 0 spiro atoms. The summed E-state index contributed by atoms with van der Waals surface area (Å²) in [5.41, 5.74) is 1.13. The minimum absolute atomic E-state index is 0.0375. The van der Waals surface area contributed by atoms with E-state index >= 15 is 0 Å². The van der Waals surface area contributed by atoms with Gasteiger partial charge in [-0.1, -0.05) is 22.0 Å². The Hall–Kier alpha value is -2.80. The highest BCUT2D eigenvalue weighted by atomic mass is 79.9. The van der Waals surface area contributed by atoms with Gasteiger partial charge in [-0.2, -0.15) is 0 Å². The van der Waals surface area contributed by atoms with Gasteiger partial charge in [-0.15, -0.1) is 0 Å². The lowest BCUT2D eigenvalue weighted by molar-refractivity contribution is -0.142. The van der Waals surface area contributed by atoms with E-state index in [2.05, 4.69) is 21.2 Å². The molecule has 0 bridgehead atoms. The Bertz CT molecular complexity index is 890. The van der Waals surface area contributed by atoms with Gasteiger partial charge in [-0.05, 0) is 61.9 Å². The molecule has 1 N–H and O–H groups in total. The fourth-order valence-electron chi connectivity index (χ4n) is 2.39. The van der Waals surface area contributed by atoms with Gasteiger partial charge in [-0.3, -0.25) is 4.79 Å². The second kappa shape index (κ2) is 8.26. The number of carbonyl (C=O) groups excluding carboxylic acids is 2. The molecule has 1 aliphatic heterocycles. The predicted molar refractivity (Wildman–Crippen MR) is 103 cm³/mol. The zero-order valence-electron chi connectivity index (χ0n) is 14.8. The molecule has 0 saturated carbocycles. The number of hydrogen-bond acceptors (Lipinski definition) is 5. The van der Waals surface area contributed by atoms with E-state index in [4.69, 9.17) is 14.2 Å². The van der Waals surface area contributed by atoms with Crippen molar-refractivity contribution in [2.24, 2.45) is 0 Å². The first-order chi connectivity index (χ1) is 12.9. The summed E-state index contributed by atoms with van der Waals surface area (Å²) in [6, 6.07) is 12.1. The third-order valence-corrected chi connectivity index (χ3v) is 4.15. The molecule has 6 nitrogen and oxygen atoms in total. The van der Waals surface area contributed by atoms with Gasteiger partial charge in [0, 0.05) is 10.0 Å². The molecule has 2 aromatic carbocycles. The van der Waals surface area contributed by atoms with Crippen molar-refractivity contribution in [1.82, 2.24) is 5.32 Å². The molecule has 1 amide bonds. The average Bonchev–Trinajstić information content (AvgIpc) is 3.08. The van der Waals surface area contributed by atoms with Gasteiger partial charge < -0.3 is 19.5 Å². The Morgan fingerprint density at radius 2 is 1.81 bits per heavy atom. The van der Waals surface area contributed by atoms with Gasteiger partial charge in [0.15, 0.2) is 11.5 Å². The molecule has 0 atom stereocenters. The van der Waals surface area contributed by atoms with Gasteiger partial charge in [0.1, 0.15) is 5.70 Å². The molecule has 140 valence electrons. The lowest BCUT2D eigenvalue weighted by Gasteiger charge is -2.13. The first-order valence-corrected chi connectivity index (χ1v) is 9.11. The Morgan fingerprint density at radius 1 is 1.11 bits per heavy atom. The van der Waals surface area contributed by atoms with E-state index in [0.717, 1.165) is 4.47 Å². The molecule has 27 heavy (non-hydrogen) atoms. The molecule has 0 radical (unpaired) electrons. The summed E-state index contributed by atoms with van der Waals surface area (Å²) in [5.74, 6) is 0.195. The first kappa shape index (κ1) is 19.0. The third-order valence-electron chi connectivity index (χ3n) is 3.62. The summed E-state index contributed by atoms with van der Waals surface area (Å²) in [7, 11) is 0. The van der Waals surface area contributed by atoms with Gasteiger partial charge in [0.25, 0.3) is 5.91 Å². The predicted octanol–water partition coefficient (Wildman–Crippen LogP) is 3.90. The highest BCUT2D eigenvalue weighted by Gasteiger charge is 2.18. The number of hydrogen-bond donors (Lipinski definition) is 1. The van der Waals surface area contributed by atoms with E-state index in [-0.39, 0.29) is 18.6 Å². The van der Waals surface area contributed by atoms with Gasteiger partial charge in [0.2, 0.25) is 6.79 Å². The number of rotatable bonds is 5. The van der Waals surface area contributed by atoms with Crippen molar-refractivity contribution in [2.75, 3.05) is 6.79 Å². The van der Waals surface area contributed by atoms with Gasteiger partial charge >= 0.3 is 5.97 Å². The van der Waals surface area contributed by atoms with E-state index < -0.39 is 11.9 Å². The topological polar surface area (TPSA) is 73.9 Å². The van der Waals surface area contributed by atoms with Crippen LogP contribution in [0.2, 0.25) is 0 Å². The maximum atomic E-state index is 12.5. The lowest BCUT2D eigenvalue weighted by Crippen LogP contribution is -2.29. The maximum absolute atomic E-state index is 12.5. The number of benzene rings is 2. The number of esters is 1. The number of nitrogens with one attached hydrogen (secondary N) is 1. The molecular weight excluding hydrogens is 414 g/mol. The standard InChI is InChI=1S/C20H18BrNO5/c1-12(2)27-20(24)16(22-19(23)14-4-6-15(21)7-5-14)9-13-3-8-17-18(10-13)26-11-25-17/h3-10,12H,11H2,1-2H3,(H,22,23)/b16-9-. The molecule has 0 fully saturated rings. The number of halogens is 1. The third kappa shape index (κ3) is 4.89. The van der Waals surface area contributed by atoms with Crippen molar-refractivity contribution in [1.29, 1.82) is 0 Å². The fraction of sp³-hybridized carbons (Fsp3) is 0.200. The van der Waals surface area contributed by atoms with Crippen molar-refractivity contribution in [3.8, 4) is 11.5 Å². The van der Waals surface area contributed by atoms with E-state index in [9.17, 15) is 9.59 Å². The number of carbonyl (C=O) groups is 2. The number of fused-ring (bicyclic) bond motifs is 1. The zero-order chi connectivity index (χ0) is 19.4.